The molecule has 1 aliphatic heterocycles. The summed E-state index contributed by atoms with van der Waals surface area (Å²) in [4.78, 5) is 0. The molecule has 0 bridgehead atoms. The number of hydrogen-bond acceptors (Lipinski definition) is 5. The Morgan fingerprint density at radius 3 is 2.64 bits per heavy atom. The lowest BCUT2D eigenvalue weighted by Gasteiger charge is -2.40. The highest BCUT2D eigenvalue weighted by Crippen LogP contribution is 2.40. The van der Waals surface area contributed by atoms with Gasteiger partial charge in [-0.15, -0.1) is 5.10 Å². The van der Waals surface area contributed by atoms with Gasteiger partial charge in [-0.2, -0.15) is 13.2 Å². The molecule has 2 heterocycles. The first-order chi connectivity index (χ1) is 13.2. The minimum atomic E-state index is -4.40. The van der Waals surface area contributed by atoms with Crippen molar-refractivity contribution in [2.75, 3.05) is 13.2 Å². The molecule has 1 aliphatic rings. The molecular formula is C19H25F3N4O2. The van der Waals surface area contributed by atoms with Gasteiger partial charge in [0.1, 0.15) is 0 Å². The molecule has 0 amide bonds. The van der Waals surface area contributed by atoms with Gasteiger partial charge in [0.15, 0.2) is 0 Å². The van der Waals surface area contributed by atoms with E-state index in [4.69, 9.17) is 4.74 Å². The molecule has 1 aromatic heterocycles. The summed E-state index contributed by atoms with van der Waals surface area (Å²) >= 11 is 0. The van der Waals surface area contributed by atoms with Crippen molar-refractivity contribution >= 4 is 0 Å². The summed E-state index contributed by atoms with van der Waals surface area (Å²) in [6.07, 6.45) is -1.90. The zero-order chi connectivity index (χ0) is 20.4. The molecule has 28 heavy (non-hydrogen) atoms. The van der Waals surface area contributed by atoms with E-state index in [1.165, 1.54) is 12.1 Å². The SMILES string of the molecule is CCOCCn1cc([C@@H]2CC(O)(c3ccc(C(F)(F)F)cc3)C[C@H](C)N2)nn1. The van der Waals surface area contributed by atoms with Crippen LogP contribution < -0.4 is 5.32 Å². The summed E-state index contributed by atoms with van der Waals surface area (Å²) in [6.45, 7) is 5.59. The summed E-state index contributed by atoms with van der Waals surface area (Å²) < 4.78 is 45.4. The molecule has 1 fully saturated rings. The molecule has 2 aromatic rings. The highest BCUT2D eigenvalue weighted by Gasteiger charge is 2.41. The van der Waals surface area contributed by atoms with E-state index < -0.39 is 17.3 Å². The van der Waals surface area contributed by atoms with Gasteiger partial charge >= 0.3 is 6.18 Å². The monoisotopic (exact) mass is 398 g/mol. The van der Waals surface area contributed by atoms with Gasteiger partial charge in [-0.25, -0.2) is 4.68 Å². The fourth-order valence-electron chi connectivity index (χ4n) is 3.67. The predicted octanol–water partition coefficient (Wildman–Crippen LogP) is 3.03. The van der Waals surface area contributed by atoms with E-state index in [2.05, 4.69) is 15.6 Å². The largest absolute Gasteiger partial charge is 0.416 e. The van der Waals surface area contributed by atoms with Crippen molar-refractivity contribution in [2.24, 2.45) is 0 Å². The molecule has 2 N–H and O–H groups in total. The van der Waals surface area contributed by atoms with Gasteiger partial charge in [0.05, 0.1) is 42.2 Å². The van der Waals surface area contributed by atoms with E-state index in [1.807, 2.05) is 20.0 Å². The van der Waals surface area contributed by atoms with Crippen LogP contribution in [0.2, 0.25) is 0 Å². The second-order valence-electron chi connectivity index (χ2n) is 7.24. The van der Waals surface area contributed by atoms with E-state index >= 15 is 0 Å². The summed E-state index contributed by atoms with van der Waals surface area (Å²) in [5, 5.41) is 22.9. The predicted molar refractivity (Wildman–Crippen MR) is 96.4 cm³/mol. The van der Waals surface area contributed by atoms with Crippen molar-refractivity contribution in [3.63, 3.8) is 0 Å². The number of nitrogens with zero attached hydrogens (tertiary/aromatic N) is 3. The van der Waals surface area contributed by atoms with E-state index in [0.717, 1.165) is 12.1 Å². The summed E-state index contributed by atoms with van der Waals surface area (Å²) in [6, 6.07) is 4.45. The van der Waals surface area contributed by atoms with Gasteiger partial charge in [-0.3, -0.25) is 0 Å². The molecule has 3 rings (SSSR count). The van der Waals surface area contributed by atoms with Gasteiger partial charge in [-0.05, 0) is 38.0 Å². The Bertz CT molecular complexity index is 778. The van der Waals surface area contributed by atoms with Crippen LogP contribution in [0.3, 0.4) is 0 Å². The van der Waals surface area contributed by atoms with Crippen LogP contribution in [0.1, 0.15) is 49.6 Å². The number of nitrogens with one attached hydrogen (secondary N) is 1. The van der Waals surface area contributed by atoms with Crippen LogP contribution in [0.15, 0.2) is 30.5 Å². The second-order valence-corrected chi connectivity index (χ2v) is 7.24. The highest BCUT2D eigenvalue weighted by atomic mass is 19.4. The lowest BCUT2D eigenvalue weighted by Crippen LogP contribution is -2.47. The van der Waals surface area contributed by atoms with Gasteiger partial charge in [-0.1, -0.05) is 17.3 Å². The Kier molecular flexibility index (Phi) is 6.07. The van der Waals surface area contributed by atoms with Crippen molar-refractivity contribution in [3.8, 4) is 0 Å². The molecule has 1 saturated heterocycles. The van der Waals surface area contributed by atoms with Gasteiger partial charge in [0, 0.05) is 19.1 Å². The second kappa shape index (κ2) is 8.18. The van der Waals surface area contributed by atoms with E-state index in [9.17, 15) is 18.3 Å². The maximum absolute atomic E-state index is 12.8. The van der Waals surface area contributed by atoms with Crippen LogP contribution in [-0.4, -0.2) is 39.4 Å². The number of rotatable bonds is 6. The summed E-state index contributed by atoms with van der Waals surface area (Å²) in [5.41, 5.74) is -0.805. The number of aromatic nitrogens is 3. The lowest BCUT2D eigenvalue weighted by molar-refractivity contribution is -0.137. The Hall–Kier alpha value is -1.97. The maximum atomic E-state index is 12.8. The molecule has 0 aliphatic carbocycles. The van der Waals surface area contributed by atoms with Gasteiger partial charge in [0.2, 0.25) is 0 Å². The molecule has 0 radical (unpaired) electrons. The van der Waals surface area contributed by atoms with Crippen LogP contribution in [0.25, 0.3) is 0 Å². The quantitative estimate of drug-likeness (QED) is 0.732. The van der Waals surface area contributed by atoms with Crippen LogP contribution in [0.4, 0.5) is 13.2 Å². The Labute approximate surface area is 161 Å². The van der Waals surface area contributed by atoms with Crippen molar-refractivity contribution in [1.82, 2.24) is 20.3 Å². The normalized spacial score (nSPS) is 25.8. The minimum absolute atomic E-state index is 0.0420. The Morgan fingerprint density at radius 2 is 2.00 bits per heavy atom. The maximum Gasteiger partial charge on any atom is 0.416 e. The first kappa shape index (κ1) is 20.8. The first-order valence-electron chi connectivity index (χ1n) is 9.35. The fraction of sp³-hybridized carbons (Fsp3) is 0.579. The van der Waals surface area contributed by atoms with E-state index in [-0.39, 0.29) is 12.1 Å². The smallest absolute Gasteiger partial charge is 0.385 e. The molecule has 154 valence electrons. The van der Waals surface area contributed by atoms with Crippen LogP contribution in [-0.2, 0) is 23.1 Å². The van der Waals surface area contributed by atoms with Crippen molar-refractivity contribution < 1.29 is 23.0 Å². The van der Waals surface area contributed by atoms with Crippen molar-refractivity contribution in [2.45, 2.75) is 57.1 Å². The molecule has 9 heteroatoms. The zero-order valence-electron chi connectivity index (χ0n) is 15.9. The average molecular weight is 398 g/mol. The van der Waals surface area contributed by atoms with E-state index in [0.29, 0.717) is 43.9 Å². The standard InChI is InChI=1S/C19H25F3N4O2/c1-3-28-9-8-26-12-17(24-25-26)16-11-18(27,10-13(2)23-16)14-4-6-15(7-5-14)19(20,21)22/h4-7,12-13,16,23,27H,3,8-11H2,1-2H3/t13-,16-,18?/m0/s1. The molecule has 0 spiro atoms. The summed E-state index contributed by atoms with van der Waals surface area (Å²) in [5.74, 6) is 0. The third-order valence-corrected chi connectivity index (χ3v) is 5.00. The molecule has 1 aromatic carbocycles. The number of benzene rings is 1. The molecule has 3 atom stereocenters. The number of halogens is 3. The van der Waals surface area contributed by atoms with Crippen LogP contribution in [0.5, 0.6) is 0 Å². The third-order valence-electron chi connectivity index (χ3n) is 5.00. The minimum Gasteiger partial charge on any atom is -0.385 e. The number of ether oxygens (including phenoxy) is 1. The first-order valence-corrected chi connectivity index (χ1v) is 9.35. The summed E-state index contributed by atoms with van der Waals surface area (Å²) in [7, 11) is 0. The highest BCUT2D eigenvalue weighted by molar-refractivity contribution is 5.30. The molecule has 1 unspecified atom stereocenters. The number of piperidine rings is 1. The van der Waals surface area contributed by atoms with Crippen LogP contribution >= 0.6 is 0 Å². The molecular weight excluding hydrogens is 373 g/mol. The molecule has 0 saturated carbocycles. The third kappa shape index (κ3) is 4.71. The number of hydrogen-bond donors (Lipinski definition) is 2. The van der Waals surface area contributed by atoms with Gasteiger partial charge in [0.25, 0.3) is 0 Å². The lowest BCUT2D eigenvalue weighted by atomic mass is 9.78. The fourth-order valence-corrected chi connectivity index (χ4v) is 3.67. The van der Waals surface area contributed by atoms with Crippen molar-refractivity contribution in [1.29, 1.82) is 0 Å². The zero-order valence-corrected chi connectivity index (χ0v) is 15.9. The Balaban J connectivity index is 1.76. The average Bonchev–Trinajstić information content (AvgIpc) is 3.10. The number of alkyl halides is 3. The number of aliphatic hydroxyl groups is 1. The Morgan fingerprint density at radius 1 is 1.29 bits per heavy atom. The van der Waals surface area contributed by atoms with Crippen molar-refractivity contribution in [3.05, 3.63) is 47.3 Å². The van der Waals surface area contributed by atoms with Gasteiger partial charge < -0.3 is 15.2 Å². The molecule has 6 nitrogen and oxygen atoms in total. The van der Waals surface area contributed by atoms with Crippen LogP contribution in [0, 0.1) is 0 Å². The van der Waals surface area contributed by atoms with E-state index in [1.54, 1.807) is 4.68 Å². The topological polar surface area (TPSA) is 72.2 Å².